The maximum absolute atomic E-state index is 8.81. The van der Waals surface area contributed by atoms with Gasteiger partial charge in [0.2, 0.25) is 11.4 Å². The van der Waals surface area contributed by atoms with Crippen LogP contribution >= 0.6 is 0 Å². The first kappa shape index (κ1) is 13.5. The van der Waals surface area contributed by atoms with Crippen LogP contribution in [0.25, 0.3) is 33.3 Å². The number of hydrogen-bond donors (Lipinski definition) is 0. The molecule has 0 saturated heterocycles. The second-order valence-corrected chi connectivity index (χ2v) is 7.50. The quantitative estimate of drug-likeness (QED) is 0.426. The molecule has 0 spiro atoms. The Hall–Kier alpha value is -2.68. The lowest BCUT2D eigenvalue weighted by Crippen LogP contribution is -2.31. The molecule has 0 N–H and O–H groups in total. The summed E-state index contributed by atoms with van der Waals surface area (Å²) in [6.45, 7) is 4.15. The van der Waals surface area contributed by atoms with E-state index < -0.39 is 12.3 Å². The van der Waals surface area contributed by atoms with Gasteiger partial charge in [0.15, 0.2) is 11.8 Å². The molecule has 136 valence electrons. The predicted molar refractivity (Wildman–Crippen MR) is 109 cm³/mol. The molecule has 3 heteroatoms. The number of pyridine rings is 2. The molecule has 0 radical (unpaired) electrons. The molecule has 1 atom stereocenters. The zero-order valence-corrected chi connectivity index (χ0v) is 16.0. The van der Waals surface area contributed by atoms with Crippen LogP contribution < -0.4 is 4.57 Å². The molecule has 1 aromatic carbocycles. The summed E-state index contributed by atoms with van der Waals surface area (Å²) in [5, 5.41) is 1.88. The predicted octanol–water partition coefficient (Wildman–Crippen LogP) is 5.75. The van der Waals surface area contributed by atoms with Crippen molar-refractivity contribution in [1.29, 1.82) is 0 Å². The van der Waals surface area contributed by atoms with Crippen molar-refractivity contribution in [1.82, 2.24) is 4.98 Å². The van der Waals surface area contributed by atoms with Crippen molar-refractivity contribution in [3.8, 4) is 11.3 Å². The first-order chi connectivity index (χ1) is 14.2. The molecule has 1 saturated carbocycles. The Morgan fingerprint density at radius 1 is 1.11 bits per heavy atom. The highest BCUT2D eigenvalue weighted by Crippen LogP contribution is 2.38. The SMILES string of the molecule is [2H]C1([2H])CCCC1([2H])c1ccc2c(n1)oc1c(-c3ccc(C)c[n+]3C)c(C)ccc12. The molecule has 0 bridgehead atoms. The molecular formula is C24H25N2O+. The van der Waals surface area contributed by atoms with Crippen molar-refractivity contribution in [3.63, 3.8) is 0 Å². The van der Waals surface area contributed by atoms with E-state index >= 15 is 0 Å². The molecule has 1 aliphatic carbocycles. The number of aromatic nitrogens is 2. The summed E-state index contributed by atoms with van der Waals surface area (Å²) in [6, 6.07) is 12.1. The number of fused-ring (bicyclic) bond motifs is 3. The molecule has 0 amide bonds. The van der Waals surface area contributed by atoms with Crippen molar-refractivity contribution >= 4 is 22.1 Å². The van der Waals surface area contributed by atoms with E-state index in [0.29, 0.717) is 30.7 Å². The van der Waals surface area contributed by atoms with Crippen LogP contribution in [0.4, 0.5) is 0 Å². The Morgan fingerprint density at radius 2 is 1.96 bits per heavy atom. The molecular weight excluding hydrogens is 332 g/mol. The maximum Gasteiger partial charge on any atom is 0.227 e. The van der Waals surface area contributed by atoms with Gasteiger partial charge in [-0.25, -0.2) is 9.55 Å². The van der Waals surface area contributed by atoms with Crippen molar-refractivity contribution in [2.24, 2.45) is 7.05 Å². The fraction of sp³-hybridized carbons (Fsp3) is 0.333. The third kappa shape index (κ3) is 2.64. The average Bonchev–Trinajstić information content (AvgIpc) is 3.19. The van der Waals surface area contributed by atoms with E-state index in [1.54, 1.807) is 6.07 Å². The summed E-state index contributed by atoms with van der Waals surface area (Å²) in [4.78, 5) is 4.66. The van der Waals surface area contributed by atoms with Crippen LogP contribution in [0, 0.1) is 13.8 Å². The lowest BCUT2D eigenvalue weighted by atomic mass is 10.00. The number of nitrogens with zero attached hydrogens (tertiary/aromatic N) is 2. The molecule has 3 aromatic heterocycles. The van der Waals surface area contributed by atoms with Gasteiger partial charge in [-0.05, 0) is 50.4 Å². The minimum Gasteiger partial charge on any atom is -0.437 e. The topological polar surface area (TPSA) is 29.9 Å². The van der Waals surface area contributed by atoms with E-state index in [-0.39, 0.29) is 0 Å². The van der Waals surface area contributed by atoms with Gasteiger partial charge in [0.1, 0.15) is 7.05 Å². The van der Waals surface area contributed by atoms with Crippen LogP contribution in [0.2, 0.25) is 0 Å². The summed E-state index contributed by atoms with van der Waals surface area (Å²) < 4.78 is 33.8. The Balaban J connectivity index is 1.76. The van der Waals surface area contributed by atoms with Crippen molar-refractivity contribution in [2.75, 3.05) is 0 Å². The Kier molecular flexibility index (Phi) is 3.09. The molecule has 1 unspecified atom stereocenters. The minimum atomic E-state index is -1.59. The van der Waals surface area contributed by atoms with Gasteiger partial charge in [-0.1, -0.05) is 25.0 Å². The van der Waals surface area contributed by atoms with Gasteiger partial charge < -0.3 is 4.42 Å². The zero-order valence-electron chi connectivity index (χ0n) is 19.0. The van der Waals surface area contributed by atoms with Crippen LogP contribution in [0.1, 0.15) is 52.5 Å². The molecule has 3 heterocycles. The second-order valence-electron chi connectivity index (χ2n) is 7.50. The molecule has 3 nitrogen and oxygen atoms in total. The summed E-state index contributed by atoms with van der Waals surface area (Å²) in [5.74, 6) is -1.33. The monoisotopic (exact) mass is 360 g/mol. The first-order valence-corrected chi connectivity index (χ1v) is 9.51. The molecule has 27 heavy (non-hydrogen) atoms. The van der Waals surface area contributed by atoms with Gasteiger partial charge in [-0.2, -0.15) is 0 Å². The van der Waals surface area contributed by atoms with Crippen LogP contribution in [0.5, 0.6) is 0 Å². The molecule has 1 aliphatic rings. The summed E-state index contributed by atoms with van der Waals surface area (Å²) in [5.41, 5.74) is 6.11. The lowest BCUT2D eigenvalue weighted by molar-refractivity contribution is -0.660. The molecule has 4 aromatic rings. The number of aryl methyl sites for hydroxylation is 3. The fourth-order valence-corrected chi connectivity index (χ4v) is 4.12. The van der Waals surface area contributed by atoms with Crippen LogP contribution in [0.3, 0.4) is 0 Å². The van der Waals surface area contributed by atoms with E-state index in [0.717, 1.165) is 33.2 Å². The zero-order chi connectivity index (χ0) is 21.3. The van der Waals surface area contributed by atoms with Gasteiger partial charge in [0, 0.05) is 38.1 Å². The number of hydrogen-bond acceptors (Lipinski definition) is 2. The maximum atomic E-state index is 8.81. The number of benzene rings is 1. The van der Waals surface area contributed by atoms with Gasteiger partial charge in [0.25, 0.3) is 0 Å². The minimum absolute atomic E-state index is 0.392. The van der Waals surface area contributed by atoms with Gasteiger partial charge in [-0.3, -0.25) is 0 Å². The second kappa shape index (κ2) is 6.19. The summed E-state index contributed by atoms with van der Waals surface area (Å²) in [7, 11) is 2.03. The summed E-state index contributed by atoms with van der Waals surface area (Å²) in [6.07, 6.45) is 2.07. The van der Waals surface area contributed by atoms with Crippen LogP contribution in [-0.2, 0) is 7.05 Å². The highest BCUT2D eigenvalue weighted by molar-refractivity contribution is 6.08. The molecule has 0 aliphatic heterocycles. The van der Waals surface area contributed by atoms with Gasteiger partial charge >= 0.3 is 0 Å². The van der Waals surface area contributed by atoms with Gasteiger partial charge in [0.05, 0.1) is 5.56 Å². The standard InChI is InChI=1S/C24H25N2O/c1-15-8-13-21(26(3)14-15)22-16(2)9-10-18-19-11-12-20(17-6-4-5-7-17)25-24(19)27-23(18)22/h8-14,17H,4-7H2,1-3H3/q+1/i6D2,17D. The third-order valence-electron chi connectivity index (χ3n) is 5.50. The first-order valence-electron chi connectivity index (χ1n) is 11.0. The molecule has 1 fully saturated rings. The Labute approximate surface area is 163 Å². The average molecular weight is 360 g/mol. The van der Waals surface area contributed by atoms with Crippen LogP contribution in [-0.4, -0.2) is 4.98 Å². The van der Waals surface area contributed by atoms with Gasteiger partial charge in [-0.15, -0.1) is 0 Å². The molecule has 5 rings (SSSR count). The van der Waals surface area contributed by atoms with E-state index in [1.165, 1.54) is 5.56 Å². The van der Waals surface area contributed by atoms with Crippen molar-refractivity contribution in [2.45, 2.75) is 45.4 Å². The highest BCUT2D eigenvalue weighted by Gasteiger charge is 2.23. The van der Waals surface area contributed by atoms with E-state index in [2.05, 4.69) is 53.9 Å². The summed E-state index contributed by atoms with van der Waals surface area (Å²) >= 11 is 0. The smallest absolute Gasteiger partial charge is 0.227 e. The largest absolute Gasteiger partial charge is 0.437 e. The van der Waals surface area contributed by atoms with Crippen molar-refractivity contribution in [3.05, 3.63) is 59.4 Å². The fourth-order valence-electron chi connectivity index (χ4n) is 4.12. The highest BCUT2D eigenvalue weighted by atomic mass is 16.3. The lowest BCUT2D eigenvalue weighted by Gasteiger charge is -2.06. The number of rotatable bonds is 2. The van der Waals surface area contributed by atoms with Crippen LogP contribution in [0.15, 0.2) is 47.0 Å². The van der Waals surface area contributed by atoms with E-state index in [4.69, 9.17) is 8.53 Å². The Morgan fingerprint density at radius 3 is 2.74 bits per heavy atom. The normalized spacial score (nSPS) is 23.4. The van der Waals surface area contributed by atoms with E-state index in [1.807, 2.05) is 13.1 Å². The Bertz CT molecular complexity index is 1310. The van der Waals surface area contributed by atoms with Crippen molar-refractivity contribution < 1.29 is 13.1 Å². The number of furan rings is 1. The third-order valence-corrected chi connectivity index (χ3v) is 5.50. The van der Waals surface area contributed by atoms with E-state index in [9.17, 15) is 0 Å².